The molecule has 1 aliphatic carbocycles. The van der Waals surface area contributed by atoms with Crippen molar-refractivity contribution in [3.8, 4) is 0 Å². The molecule has 1 amide bonds. The minimum Gasteiger partial charge on any atom is -0.462 e. The summed E-state index contributed by atoms with van der Waals surface area (Å²) in [5.41, 5.74) is 2.17. The summed E-state index contributed by atoms with van der Waals surface area (Å²) in [6, 6.07) is 11.5. The summed E-state index contributed by atoms with van der Waals surface area (Å²) in [5.74, 6) is -0.564. The molecule has 3 aromatic rings. The Morgan fingerprint density at radius 2 is 1.86 bits per heavy atom. The number of benzene rings is 2. The average molecular weight is 458 g/mol. The number of aryl methyl sites for hydroxylation is 1. The average Bonchev–Trinajstić information content (AvgIpc) is 3.06. The zero-order valence-electron chi connectivity index (χ0n) is 15.5. The molecule has 0 fully saturated rings. The summed E-state index contributed by atoms with van der Waals surface area (Å²) in [6.07, 6.45) is 3.97. The van der Waals surface area contributed by atoms with Crippen LogP contribution in [-0.2, 0) is 17.6 Å². The lowest BCUT2D eigenvalue weighted by atomic mass is 9.95. The first-order valence-electron chi connectivity index (χ1n) is 9.40. The quantitative estimate of drug-likeness (QED) is 0.490. The van der Waals surface area contributed by atoms with Crippen LogP contribution >= 0.6 is 27.3 Å². The van der Waals surface area contributed by atoms with E-state index in [-0.39, 0.29) is 11.9 Å². The van der Waals surface area contributed by atoms with Crippen LogP contribution in [0.15, 0.2) is 40.9 Å². The van der Waals surface area contributed by atoms with Crippen molar-refractivity contribution < 1.29 is 14.3 Å². The van der Waals surface area contributed by atoms with E-state index in [1.165, 1.54) is 16.2 Å². The second-order valence-corrected chi connectivity index (χ2v) is 8.69. The fourth-order valence-corrected chi connectivity index (χ4v) is 5.48. The van der Waals surface area contributed by atoms with Crippen molar-refractivity contribution >= 4 is 54.9 Å². The first kappa shape index (κ1) is 19.2. The number of hydrogen-bond acceptors (Lipinski definition) is 4. The molecule has 6 heteroatoms. The fraction of sp³-hybridized carbons (Fsp3) is 0.273. The van der Waals surface area contributed by atoms with Gasteiger partial charge in [-0.15, -0.1) is 11.3 Å². The summed E-state index contributed by atoms with van der Waals surface area (Å²) < 4.78 is 6.22. The number of carbonyl (C=O) groups excluding carboxylic acids is 2. The van der Waals surface area contributed by atoms with Crippen LogP contribution in [-0.4, -0.2) is 18.5 Å². The molecular weight excluding hydrogens is 438 g/mol. The van der Waals surface area contributed by atoms with Gasteiger partial charge in [0.2, 0.25) is 0 Å². The maximum absolute atomic E-state index is 13.1. The van der Waals surface area contributed by atoms with Crippen molar-refractivity contribution in [3.63, 3.8) is 0 Å². The van der Waals surface area contributed by atoms with Crippen LogP contribution in [0.4, 0.5) is 5.00 Å². The number of hydrogen-bond donors (Lipinski definition) is 1. The molecule has 0 bridgehead atoms. The molecule has 0 saturated carbocycles. The number of halogens is 1. The molecule has 0 atom stereocenters. The summed E-state index contributed by atoms with van der Waals surface area (Å²) >= 11 is 5.05. The number of fused-ring (bicyclic) bond motifs is 2. The van der Waals surface area contributed by atoms with Crippen LogP contribution in [0.25, 0.3) is 10.8 Å². The van der Waals surface area contributed by atoms with Crippen molar-refractivity contribution in [1.29, 1.82) is 0 Å². The molecule has 28 heavy (non-hydrogen) atoms. The topological polar surface area (TPSA) is 55.4 Å². The summed E-state index contributed by atoms with van der Waals surface area (Å²) in [7, 11) is 0. The largest absolute Gasteiger partial charge is 0.462 e. The lowest BCUT2D eigenvalue weighted by Crippen LogP contribution is -2.16. The minimum atomic E-state index is -0.349. The number of esters is 1. The number of anilines is 1. The third-order valence-corrected chi connectivity index (χ3v) is 6.89. The Morgan fingerprint density at radius 3 is 2.68 bits per heavy atom. The molecule has 1 aromatic heterocycles. The Kier molecular flexibility index (Phi) is 5.51. The predicted molar refractivity (Wildman–Crippen MR) is 117 cm³/mol. The van der Waals surface area contributed by atoms with Crippen molar-refractivity contribution in [2.45, 2.75) is 32.6 Å². The minimum absolute atomic E-state index is 0.215. The molecule has 4 nitrogen and oxygen atoms in total. The Hall–Kier alpha value is -2.18. The van der Waals surface area contributed by atoms with Crippen LogP contribution in [0.5, 0.6) is 0 Å². The Morgan fingerprint density at radius 1 is 1.11 bits per heavy atom. The van der Waals surface area contributed by atoms with E-state index in [0.29, 0.717) is 22.7 Å². The lowest BCUT2D eigenvalue weighted by Gasteiger charge is -2.12. The third kappa shape index (κ3) is 3.47. The van der Waals surface area contributed by atoms with E-state index in [9.17, 15) is 9.59 Å². The smallest absolute Gasteiger partial charge is 0.341 e. The van der Waals surface area contributed by atoms with Crippen LogP contribution in [0, 0.1) is 0 Å². The van der Waals surface area contributed by atoms with Gasteiger partial charge in [0.1, 0.15) is 5.00 Å². The van der Waals surface area contributed by atoms with E-state index >= 15 is 0 Å². The van der Waals surface area contributed by atoms with Gasteiger partial charge < -0.3 is 10.1 Å². The van der Waals surface area contributed by atoms with Crippen molar-refractivity contribution in [2.75, 3.05) is 11.9 Å². The first-order valence-corrected chi connectivity index (χ1v) is 11.0. The van der Waals surface area contributed by atoms with Crippen LogP contribution in [0.2, 0.25) is 0 Å². The molecule has 1 aliphatic rings. The third-order valence-electron chi connectivity index (χ3n) is 4.99. The number of ether oxygens (including phenoxy) is 1. The van der Waals surface area contributed by atoms with Gasteiger partial charge >= 0.3 is 5.97 Å². The van der Waals surface area contributed by atoms with E-state index in [4.69, 9.17) is 4.74 Å². The zero-order valence-corrected chi connectivity index (χ0v) is 17.9. The SMILES string of the molecule is CCOC(=O)c1c(NC(=O)c2cccc3c(Br)cccc23)sc2c1CCCC2. The van der Waals surface area contributed by atoms with Crippen LogP contribution in [0.3, 0.4) is 0 Å². The van der Waals surface area contributed by atoms with Crippen LogP contribution in [0.1, 0.15) is 50.9 Å². The van der Waals surface area contributed by atoms with Gasteiger partial charge in [0.25, 0.3) is 5.91 Å². The van der Waals surface area contributed by atoms with E-state index in [1.54, 1.807) is 6.92 Å². The van der Waals surface area contributed by atoms with Gasteiger partial charge in [-0.05, 0) is 61.1 Å². The van der Waals surface area contributed by atoms with Crippen LogP contribution < -0.4 is 5.32 Å². The molecule has 0 unspecified atom stereocenters. The van der Waals surface area contributed by atoms with Gasteiger partial charge in [-0.2, -0.15) is 0 Å². The van der Waals surface area contributed by atoms with E-state index in [2.05, 4.69) is 21.2 Å². The Bertz CT molecular complexity index is 1070. The van der Waals surface area contributed by atoms with Gasteiger partial charge in [0.05, 0.1) is 12.2 Å². The zero-order chi connectivity index (χ0) is 19.7. The maximum Gasteiger partial charge on any atom is 0.341 e. The van der Waals surface area contributed by atoms with Crippen molar-refractivity contribution in [2.24, 2.45) is 0 Å². The monoisotopic (exact) mass is 457 g/mol. The molecule has 2 aromatic carbocycles. The second-order valence-electron chi connectivity index (χ2n) is 6.73. The van der Waals surface area contributed by atoms with Gasteiger partial charge in [-0.3, -0.25) is 4.79 Å². The van der Waals surface area contributed by atoms with Gasteiger partial charge in [-0.1, -0.05) is 40.2 Å². The van der Waals surface area contributed by atoms with E-state index in [0.717, 1.165) is 46.5 Å². The predicted octanol–water partition coefficient (Wildman–Crippen LogP) is 5.97. The summed E-state index contributed by atoms with van der Waals surface area (Å²) in [4.78, 5) is 26.9. The van der Waals surface area contributed by atoms with Gasteiger partial charge in [-0.25, -0.2) is 4.79 Å². The molecule has 1 N–H and O–H groups in total. The standard InChI is InChI=1S/C22H20BrNO3S/c1-2-27-22(26)19-16-7-3-4-12-18(16)28-21(19)24-20(25)15-10-5-9-14-13(15)8-6-11-17(14)23/h5-6,8-11H,2-4,7,12H2,1H3,(H,24,25). The highest BCUT2D eigenvalue weighted by Gasteiger charge is 2.27. The molecule has 1 heterocycles. The van der Waals surface area contributed by atoms with Crippen molar-refractivity contribution in [3.05, 3.63) is 62.4 Å². The number of amides is 1. The second kappa shape index (κ2) is 8.05. The normalized spacial score (nSPS) is 13.2. The van der Waals surface area contributed by atoms with E-state index < -0.39 is 0 Å². The molecule has 0 aliphatic heterocycles. The maximum atomic E-state index is 13.1. The molecular formula is C22H20BrNO3S. The molecule has 0 radical (unpaired) electrons. The molecule has 0 spiro atoms. The molecule has 4 rings (SSSR count). The number of carbonyl (C=O) groups is 2. The highest BCUT2D eigenvalue weighted by atomic mass is 79.9. The summed E-state index contributed by atoms with van der Waals surface area (Å²) in [5, 5.41) is 5.44. The van der Waals surface area contributed by atoms with Gasteiger partial charge in [0.15, 0.2) is 0 Å². The fourth-order valence-electron chi connectivity index (χ4n) is 3.71. The molecule has 144 valence electrons. The summed E-state index contributed by atoms with van der Waals surface area (Å²) in [6.45, 7) is 2.11. The first-order chi connectivity index (χ1) is 13.6. The highest BCUT2D eigenvalue weighted by molar-refractivity contribution is 9.10. The number of rotatable bonds is 4. The van der Waals surface area contributed by atoms with Gasteiger partial charge in [0, 0.05) is 14.9 Å². The number of thiophene rings is 1. The van der Waals surface area contributed by atoms with E-state index in [1.807, 2.05) is 36.4 Å². The number of nitrogens with one attached hydrogen (secondary N) is 1. The lowest BCUT2D eigenvalue weighted by molar-refractivity contribution is 0.0526. The Balaban J connectivity index is 1.74. The highest BCUT2D eigenvalue weighted by Crippen LogP contribution is 2.39. The molecule has 0 saturated heterocycles. The Labute approximate surface area is 176 Å². The van der Waals surface area contributed by atoms with Crippen molar-refractivity contribution in [1.82, 2.24) is 0 Å².